The van der Waals surface area contributed by atoms with E-state index >= 15 is 0 Å². The maximum Gasteiger partial charge on any atom is 0.146 e. The summed E-state index contributed by atoms with van der Waals surface area (Å²) in [6, 6.07) is 0.620. The van der Waals surface area contributed by atoms with Gasteiger partial charge in [0.2, 0.25) is 0 Å². The SMILES string of the molecule is CN(Cc1nnc(C2CC2)n1C)[C@H]1CCN(C[C@H]2CCCCO2)C1. The molecule has 0 amide bonds. The van der Waals surface area contributed by atoms with Crippen LogP contribution in [0.25, 0.3) is 0 Å². The van der Waals surface area contributed by atoms with Crippen molar-refractivity contribution in [1.29, 1.82) is 0 Å². The zero-order chi connectivity index (χ0) is 16.5. The summed E-state index contributed by atoms with van der Waals surface area (Å²) in [6.07, 6.45) is 8.07. The topological polar surface area (TPSA) is 46.4 Å². The largest absolute Gasteiger partial charge is 0.377 e. The Morgan fingerprint density at radius 3 is 2.79 bits per heavy atom. The van der Waals surface area contributed by atoms with Crippen molar-refractivity contribution in [3.05, 3.63) is 11.6 Å². The summed E-state index contributed by atoms with van der Waals surface area (Å²) in [6.45, 7) is 5.32. The van der Waals surface area contributed by atoms with Crippen LogP contribution in [0, 0.1) is 0 Å². The molecule has 0 unspecified atom stereocenters. The highest BCUT2D eigenvalue weighted by Gasteiger charge is 2.31. The molecule has 0 spiro atoms. The molecule has 6 nitrogen and oxygen atoms in total. The zero-order valence-corrected chi connectivity index (χ0v) is 15.2. The molecule has 1 aliphatic carbocycles. The van der Waals surface area contributed by atoms with Crippen LogP contribution >= 0.6 is 0 Å². The van der Waals surface area contributed by atoms with E-state index < -0.39 is 0 Å². The van der Waals surface area contributed by atoms with Crippen LogP contribution in [0.5, 0.6) is 0 Å². The Balaban J connectivity index is 1.28. The molecule has 0 bridgehead atoms. The molecule has 1 aromatic heterocycles. The lowest BCUT2D eigenvalue weighted by Gasteiger charge is -2.28. The van der Waals surface area contributed by atoms with E-state index in [1.54, 1.807) is 0 Å². The fourth-order valence-corrected chi connectivity index (χ4v) is 4.14. The van der Waals surface area contributed by atoms with E-state index in [0.29, 0.717) is 18.1 Å². The van der Waals surface area contributed by atoms with E-state index in [1.165, 1.54) is 50.9 Å². The summed E-state index contributed by atoms with van der Waals surface area (Å²) in [5.41, 5.74) is 0. The van der Waals surface area contributed by atoms with Gasteiger partial charge in [0.15, 0.2) is 0 Å². The summed E-state index contributed by atoms with van der Waals surface area (Å²) in [7, 11) is 4.36. The predicted octanol–water partition coefficient (Wildman–Crippen LogP) is 1.77. The number of hydrogen-bond donors (Lipinski definition) is 0. The van der Waals surface area contributed by atoms with Crippen LogP contribution in [0.1, 0.15) is 56.1 Å². The second kappa shape index (κ2) is 7.10. The van der Waals surface area contributed by atoms with Crippen LogP contribution < -0.4 is 0 Å². The summed E-state index contributed by atoms with van der Waals surface area (Å²) < 4.78 is 8.12. The number of hydrogen-bond acceptors (Lipinski definition) is 5. The number of ether oxygens (including phenoxy) is 1. The fourth-order valence-electron chi connectivity index (χ4n) is 4.14. The Morgan fingerprint density at radius 2 is 2.04 bits per heavy atom. The monoisotopic (exact) mass is 333 g/mol. The maximum absolute atomic E-state index is 5.90. The third kappa shape index (κ3) is 3.65. The number of nitrogens with zero attached hydrogens (tertiary/aromatic N) is 5. The minimum atomic E-state index is 0.461. The van der Waals surface area contributed by atoms with Crippen LogP contribution in [0.3, 0.4) is 0 Å². The quantitative estimate of drug-likeness (QED) is 0.794. The smallest absolute Gasteiger partial charge is 0.146 e. The highest BCUT2D eigenvalue weighted by atomic mass is 16.5. The molecule has 0 aromatic carbocycles. The Hall–Kier alpha value is -0.980. The van der Waals surface area contributed by atoms with Gasteiger partial charge in [0.1, 0.15) is 11.6 Å². The van der Waals surface area contributed by atoms with Gasteiger partial charge in [0.25, 0.3) is 0 Å². The van der Waals surface area contributed by atoms with Gasteiger partial charge in [-0.2, -0.15) is 0 Å². The van der Waals surface area contributed by atoms with E-state index in [4.69, 9.17) is 4.74 Å². The lowest BCUT2D eigenvalue weighted by Crippen LogP contribution is -2.38. The number of likely N-dealkylation sites (N-methyl/N-ethyl adjacent to an activating group) is 1. The van der Waals surface area contributed by atoms with Crippen LogP contribution in [0.2, 0.25) is 0 Å². The van der Waals surface area contributed by atoms with Gasteiger partial charge in [-0.3, -0.25) is 9.80 Å². The number of rotatable bonds is 6. The van der Waals surface area contributed by atoms with Crippen molar-refractivity contribution in [3.63, 3.8) is 0 Å². The molecule has 2 saturated heterocycles. The van der Waals surface area contributed by atoms with Crippen LogP contribution in [0.4, 0.5) is 0 Å². The molecule has 3 aliphatic rings. The number of aromatic nitrogens is 3. The van der Waals surface area contributed by atoms with Gasteiger partial charge in [-0.25, -0.2) is 0 Å². The van der Waals surface area contributed by atoms with Crippen molar-refractivity contribution in [2.75, 3.05) is 33.3 Å². The Kier molecular flexibility index (Phi) is 4.88. The Bertz CT molecular complexity index is 550. The van der Waals surface area contributed by atoms with Gasteiger partial charge in [0, 0.05) is 38.7 Å². The van der Waals surface area contributed by atoms with Crippen LogP contribution in [0.15, 0.2) is 0 Å². The predicted molar refractivity (Wildman–Crippen MR) is 92.9 cm³/mol. The van der Waals surface area contributed by atoms with E-state index in [1.807, 2.05) is 0 Å². The first kappa shape index (κ1) is 16.5. The van der Waals surface area contributed by atoms with Crippen molar-refractivity contribution in [2.45, 2.75) is 63.1 Å². The molecule has 6 heteroatoms. The molecular formula is C18H31N5O. The molecule has 1 aromatic rings. The van der Waals surface area contributed by atoms with Gasteiger partial charge >= 0.3 is 0 Å². The van der Waals surface area contributed by atoms with Gasteiger partial charge in [-0.15, -0.1) is 10.2 Å². The van der Waals surface area contributed by atoms with E-state index in [0.717, 1.165) is 32.1 Å². The molecular weight excluding hydrogens is 302 g/mol. The molecule has 24 heavy (non-hydrogen) atoms. The molecule has 3 fully saturated rings. The fraction of sp³-hybridized carbons (Fsp3) is 0.889. The van der Waals surface area contributed by atoms with Crippen molar-refractivity contribution < 1.29 is 4.74 Å². The molecule has 4 rings (SSSR count). The summed E-state index contributed by atoms with van der Waals surface area (Å²) in [4.78, 5) is 5.05. The molecule has 0 radical (unpaired) electrons. The Morgan fingerprint density at radius 1 is 1.17 bits per heavy atom. The van der Waals surface area contributed by atoms with Crippen molar-refractivity contribution >= 4 is 0 Å². The van der Waals surface area contributed by atoms with Crippen molar-refractivity contribution in [1.82, 2.24) is 24.6 Å². The third-order valence-electron chi connectivity index (χ3n) is 5.94. The van der Waals surface area contributed by atoms with E-state index in [9.17, 15) is 0 Å². The normalized spacial score (nSPS) is 28.8. The summed E-state index contributed by atoms with van der Waals surface area (Å²) >= 11 is 0. The first-order valence-corrected chi connectivity index (χ1v) is 9.63. The minimum Gasteiger partial charge on any atom is -0.377 e. The van der Waals surface area contributed by atoms with Crippen LogP contribution in [-0.4, -0.2) is 70.0 Å². The molecule has 0 N–H and O–H groups in total. The maximum atomic E-state index is 5.90. The molecule has 2 aliphatic heterocycles. The average molecular weight is 333 g/mol. The first-order valence-electron chi connectivity index (χ1n) is 9.63. The van der Waals surface area contributed by atoms with E-state index in [-0.39, 0.29) is 0 Å². The van der Waals surface area contributed by atoms with E-state index in [2.05, 4.69) is 38.7 Å². The van der Waals surface area contributed by atoms with Gasteiger partial charge < -0.3 is 9.30 Å². The minimum absolute atomic E-state index is 0.461. The number of likely N-dealkylation sites (tertiary alicyclic amines) is 1. The van der Waals surface area contributed by atoms with Gasteiger partial charge in [0.05, 0.1) is 12.6 Å². The summed E-state index contributed by atoms with van der Waals surface area (Å²) in [5, 5.41) is 8.85. The molecule has 2 atom stereocenters. The third-order valence-corrected chi connectivity index (χ3v) is 5.94. The van der Waals surface area contributed by atoms with Crippen molar-refractivity contribution in [3.8, 4) is 0 Å². The highest BCUT2D eigenvalue weighted by molar-refractivity contribution is 5.07. The average Bonchev–Trinajstić information content (AvgIpc) is 3.22. The molecule has 134 valence electrons. The lowest BCUT2D eigenvalue weighted by atomic mass is 10.1. The van der Waals surface area contributed by atoms with Crippen LogP contribution in [-0.2, 0) is 18.3 Å². The summed E-state index contributed by atoms with van der Waals surface area (Å²) in [5.74, 6) is 2.95. The first-order chi connectivity index (χ1) is 11.7. The van der Waals surface area contributed by atoms with Crippen molar-refractivity contribution in [2.24, 2.45) is 7.05 Å². The van der Waals surface area contributed by atoms with Gasteiger partial charge in [-0.05, 0) is 52.1 Å². The highest BCUT2D eigenvalue weighted by Crippen LogP contribution is 2.38. The molecule has 3 heterocycles. The van der Waals surface area contributed by atoms with Gasteiger partial charge in [-0.1, -0.05) is 0 Å². The molecule has 1 saturated carbocycles. The second-order valence-corrected chi connectivity index (χ2v) is 7.91. The Labute approximate surface area is 145 Å². The lowest BCUT2D eigenvalue weighted by molar-refractivity contribution is -0.00281. The second-order valence-electron chi connectivity index (χ2n) is 7.91. The zero-order valence-electron chi connectivity index (χ0n) is 15.2. The standard InChI is InChI=1S/C18H31N5O/c1-21(13-17-19-20-18(22(17)2)14-6-7-14)15-8-9-23(11-15)12-16-5-3-4-10-24-16/h14-16H,3-13H2,1-2H3/t15-,16+/m0/s1.